The Labute approximate surface area is 160 Å². The van der Waals surface area contributed by atoms with Gasteiger partial charge in [0.15, 0.2) is 0 Å². The van der Waals surface area contributed by atoms with Crippen LogP contribution < -0.4 is 5.32 Å². The molecule has 1 aromatic carbocycles. The summed E-state index contributed by atoms with van der Waals surface area (Å²) in [5.74, 6) is -1.70. The molecule has 0 radical (unpaired) electrons. The first kappa shape index (κ1) is 19.9. The van der Waals surface area contributed by atoms with Gasteiger partial charge in [0.2, 0.25) is 5.91 Å². The molecular formula is C17H18N2O5S2. The van der Waals surface area contributed by atoms with E-state index >= 15 is 0 Å². The Morgan fingerprint density at radius 3 is 2.73 bits per heavy atom. The van der Waals surface area contributed by atoms with Gasteiger partial charge in [0.1, 0.15) is 16.1 Å². The van der Waals surface area contributed by atoms with Crippen LogP contribution >= 0.6 is 24.0 Å². The number of thioether (sulfide) groups is 1. The van der Waals surface area contributed by atoms with Gasteiger partial charge in [-0.1, -0.05) is 42.2 Å². The first-order valence-corrected chi connectivity index (χ1v) is 9.07. The number of carboxylic acid groups (broad SMARTS) is 1. The fraction of sp³-hybridized carbons (Fsp3) is 0.294. The fourth-order valence-electron chi connectivity index (χ4n) is 2.22. The lowest BCUT2D eigenvalue weighted by Crippen LogP contribution is -2.38. The minimum absolute atomic E-state index is 0.0713. The molecule has 0 bridgehead atoms. The van der Waals surface area contributed by atoms with Gasteiger partial charge in [-0.05, 0) is 25.5 Å². The number of aromatic hydroxyl groups is 1. The summed E-state index contributed by atoms with van der Waals surface area (Å²) in [5.41, 5.74) is 0.523. The average molecular weight is 394 g/mol. The van der Waals surface area contributed by atoms with Crippen molar-refractivity contribution < 1.29 is 24.6 Å². The number of carbonyl (C=O) groups is 3. The lowest BCUT2D eigenvalue weighted by molar-refractivity contribution is -0.141. The van der Waals surface area contributed by atoms with Crippen LogP contribution in [0, 0.1) is 0 Å². The second kappa shape index (κ2) is 8.81. The summed E-state index contributed by atoms with van der Waals surface area (Å²) in [5, 5.41) is 20.9. The van der Waals surface area contributed by atoms with Crippen molar-refractivity contribution in [2.75, 3.05) is 6.54 Å². The van der Waals surface area contributed by atoms with Crippen molar-refractivity contribution >= 4 is 52.2 Å². The van der Waals surface area contributed by atoms with Gasteiger partial charge in [0.25, 0.3) is 5.91 Å². The first-order chi connectivity index (χ1) is 12.3. The van der Waals surface area contributed by atoms with E-state index in [1.165, 1.54) is 17.9 Å². The number of phenols is 1. The van der Waals surface area contributed by atoms with E-state index in [1.54, 1.807) is 24.3 Å². The van der Waals surface area contributed by atoms with Gasteiger partial charge in [-0.15, -0.1) is 0 Å². The number of nitrogens with one attached hydrogen (secondary N) is 1. The molecule has 1 atom stereocenters. The molecule has 0 aromatic heterocycles. The van der Waals surface area contributed by atoms with Crippen molar-refractivity contribution in [1.82, 2.24) is 10.2 Å². The highest BCUT2D eigenvalue weighted by molar-refractivity contribution is 8.26. The second-order valence-electron chi connectivity index (χ2n) is 5.62. The monoisotopic (exact) mass is 394 g/mol. The summed E-state index contributed by atoms with van der Waals surface area (Å²) in [6.45, 7) is 1.64. The van der Waals surface area contributed by atoms with Gasteiger partial charge in [0, 0.05) is 18.5 Å². The van der Waals surface area contributed by atoms with Crippen molar-refractivity contribution in [2.45, 2.75) is 25.8 Å². The van der Waals surface area contributed by atoms with E-state index in [4.69, 9.17) is 17.3 Å². The lowest BCUT2D eigenvalue weighted by atomic mass is 10.2. The van der Waals surface area contributed by atoms with Crippen LogP contribution in [0.2, 0.25) is 0 Å². The number of para-hydroxylation sites is 1. The molecule has 0 spiro atoms. The minimum atomic E-state index is -1.11. The SMILES string of the molecule is CC(NC(=O)CCCN1C(=O)/C(=C/c2ccccc2O)SC1=S)C(=O)O. The molecule has 2 rings (SSSR count). The van der Waals surface area contributed by atoms with Gasteiger partial charge < -0.3 is 15.5 Å². The molecule has 1 aromatic rings. The van der Waals surface area contributed by atoms with E-state index in [9.17, 15) is 19.5 Å². The van der Waals surface area contributed by atoms with Gasteiger partial charge in [-0.25, -0.2) is 0 Å². The summed E-state index contributed by atoms with van der Waals surface area (Å²) in [6.07, 6.45) is 2.03. The zero-order valence-corrected chi connectivity index (χ0v) is 15.6. The van der Waals surface area contributed by atoms with Crippen LogP contribution in [0.1, 0.15) is 25.3 Å². The lowest BCUT2D eigenvalue weighted by Gasteiger charge is -2.14. The third-order valence-electron chi connectivity index (χ3n) is 3.63. The molecule has 2 amide bonds. The Balaban J connectivity index is 1.92. The number of carboxylic acids is 1. The van der Waals surface area contributed by atoms with Crippen LogP contribution in [0.4, 0.5) is 0 Å². The summed E-state index contributed by atoms with van der Waals surface area (Å²) in [4.78, 5) is 36.7. The molecule has 1 saturated heterocycles. The van der Waals surface area contributed by atoms with E-state index in [2.05, 4.69) is 5.32 Å². The summed E-state index contributed by atoms with van der Waals surface area (Å²) >= 11 is 6.35. The van der Waals surface area contributed by atoms with Gasteiger partial charge in [-0.3, -0.25) is 19.3 Å². The van der Waals surface area contributed by atoms with Crippen molar-refractivity contribution in [3.8, 4) is 5.75 Å². The molecular weight excluding hydrogens is 376 g/mol. The summed E-state index contributed by atoms with van der Waals surface area (Å²) in [7, 11) is 0. The number of amides is 2. The van der Waals surface area contributed by atoms with E-state index in [0.29, 0.717) is 21.2 Å². The van der Waals surface area contributed by atoms with Gasteiger partial charge in [0.05, 0.1) is 4.91 Å². The number of nitrogens with zero attached hydrogens (tertiary/aromatic N) is 1. The fourth-order valence-corrected chi connectivity index (χ4v) is 3.52. The average Bonchev–Trinajstić information content (AvgIpc) is 2.84. The smallest absolute Gasteiger partial charge is 0.325 e. The third-order valence-corrected chi connectivity index (χ3v) is 5.01. The van der Waals surface area contributed by atoms with Crippen molar-refractivity contribution in [1.29, 1.82) is 0 Å². The van der Waals surface area contributed by atoms with Crippen LogP contribution in [0.3, 0.4) is 0 Å². The largest absolute Gasteiger partial charge is 0.507 e. The Bertz CT molecular complexity index is 778. The molecule has 0 aliphatic carbocycles. The van der Waals surface area contributed by atoms with E-state index in [-0.39, 0.29) is 24.6 Å². The molecule has 138 valence electrons. The Kier molecular flexibility index (Phi) is 6.76. The first-order valence-electron chi connectivity index (χ1n) is 7.85. The Hall–Kier alpha value is -2.39. The highest BCUT2D eigenvalue weighted by atomic mass is 32.2. The van der Waals surface area contributed by atoms with Crippen LogP contribution in [0.25, 0.3) is 6.08 Å². The van der Waals surface area contributed by atoms with Crippen LogP contribution in [0.15, 0.2) is 29.2 Å². The maximum atomic E-state index is 12.5. The number of rotatable bonds is 7. The Morgan fingerprint density at radius 1 is 1.38 bits per heavy atom. The summed E-state index contributed by atoms with van der Waals surface area (Å²) in [6, 6.07) is 5.71. The number of benzene rings is 1. The number of carbonyl (C=O) groups excluding carboxylic acids is 2. The number of aliphatic carboxylic acids is 1. The zero-order valence-electron chi connectivity index (χ0n) is 14.0. The van der Waals surface area contributed by atoms with Crippen molar-refractivity contribution in [3.63, 3.8) is 0 Å². The van der Waals surface area contributed by atoms with Gasteiger partial charge >= 0.3 is 5.97 Å². The highest BCUT2D eigenvalue weighted by Gasteiger charge is 2.31. The molecule has 1 heterocycles. The minimum Gasteiger partial charge on any atom is -0.507 e. The summed E-state index contributed by atoms with van der Waals surface area (Å²) < 4.78 is 0.385. The molecule has 1 aliphatic rings. The van der Waals surface area contributed by atoms with Crippen LogP contribution in [0.5, 0.6) is 5.75 Å². The number of thiocarbonyl (C=S) groups is 1. The molecule has 1 fully saturated rings. The predicted octanol–water partition coefficient (Wildman–Crippen LogP) is 1.96. The number of hydrogen-bond donors (Lipinski definition) is 3. The van der Waals surface area contributed by atoms with E-state index in [0.717, 1.165) is 11.8 Å². The van der Waals surface area contributed by atoms with E-state index < -0.39 is 17.9 Å². The molecule has 0 saturated carbocycles. The zero-order chi connectivity index (χ0) is 19.3. The third kappa shape index (κ3) is 5.06. The molecule has 7 nitrogen and oxygen atoms in total. The maximum absolute atomic E-state index is 12.5. The number of phenolic OH excluding ortho intramolecular Hbond substituents is 1. The standard InChI is InChI=1S/C17H18N2O5S2/c1-10(16(23)24)18-14(21)7-4-8-19-15(22)13(26-17(19)25)9-11-5-2-3-6-12(11)20/h2-3,5-6,9-10,20H,4,7-8H2,1H3,(H,18,21)(H,23,24)/b13-9-. The molecule has 9 heteroatoms. The molecule has 26 heavy (non-hydrogen) atoms. The maximum Gasteiger partial charge on any atom is 0.325 e. The molecule has 1 aliphatic heterocycles. The topological polar surface area (TPSA) is 107 Å². The highest BCUT2D eigenvalue weighted by Crippen LogP contribution is 2.34. The van der Waals surface area contributed by atoms with Gasteiger partial charge in [-0.2, -0.15) is 0 Å². The Morgan fingerprint density at radius 2 is 2.08 bits per heavy atom. The van der Waals surface area contributed by atoms with Crippen molar-refractivity contribution in [2.24, 2.45) is 0 Å². The number of hydrogen-bond acceptors (Lipinski definition) is 6. The molecule has 1 unspecified atom stereocenters. The van der Waals surface area contributed by atoms with E-state index in [1.807, 2.05) is 0 Å². The molecule has 3 N–H and O–H groups in total. The normalized spacial score (nSPS) is 16.8. The quantitative estimate of drug-likeness (QED) is 0.479. The van der Waals surface area contributed by atoms with Crippen LogP contribution in [-0.4, -0.2) is 49.8 Å². The van der Waals surface area contributed by atoms with Crippen molar-refractivity contribution in [3.05, 3.63) is 34.7 Å². The predicted molar refractivity (Wildman–Crippen MR) is 102 cm³/mol. The second-order valence-corrected chi connectivity index (χ2v) is 7.30. The van der Waals surface area contributed by atoms with Crippen LogP contribution in [-0.2, 0) is 14.4 Å².